The predicted molar refractivity (Wildman–Crippen MR) is 33.9 cm³/mol. The second kappa shape index (κ2) is 2.19. The Morgan fingerprint density at radius 1 is 1.56 bits per heavy atom. The van der Waals surface area contributed by atoms with Crippen LogP contribution in [0.25, 0.3) is 0 Å². The summed E-state index contributed by atoms with van der Waals surface area (Å²) in [5.41, 5.74) is 7.32. The molecule has 0 spiro atoms. The number of nitrogens with zero attached hydrogens (tertiary/aromatic N) is 1. The molecule has 1 heterocycles. The van der Waals surface area contributed by atoms with Gasteiger partial charge in [-0.05, 0) is 13.8 Å². The van der Waals surface area contributed by atoms with E-state index in [1.54, 1.807) is 0 Å². The average Bonchev–Trinajstić information content (AvgIpc) is 2.12. The Morgan fingerprint density at radius 3 is 2.44 bits per heavy atom. The van der Waals surface area contributed by atoms with Crippen LogP contribution in [0.2, 0.25) is 0 Å². The third-order valence-electron chi connectivity index (χ3n) is 1.39. The molecule has 1 aromatic heterocycles. The summed E-state index contributed by atoms with van der Waals surface area (Å²) in [4.78, 5) is 0. The van der Waals surface area contributed by atoms with Crippen molar-refractivity contribution in [3.05, 3.63) is 17.0 Å². The minimum absolute atomic E-state index is 0.515. The van der Waals surface area contributed by atoms with E-state index in [1.165, 1.54) is 0 Å². The Balaban J connectivity index is 3.07. The lowest BCUT2D eigenvalue weighted by atomic mass is 10.2. The van der Waals surface area contributed by atoms with Gasteiger partial charge in [-0.1, -0.05) is 5.16 Å². The molecule has 50 valence electrons. The van der Waals surface area contributed by atoms with Crippen LogP contribution < -0.4 is 5.73 Å². The number of nitrogens with two attached hydrogens (primary N) is 1. The molecule has 0 saturated carbocycles. The first kappa shape index (κ1) is 6.29. The average molecular weight is 126 g/mol. The smallest absolute Gasteiger partial charge is 0.138 e. The van der Waals surface area contributed by atoms with Crippen LogP contribution in [0.3, 0.4) is 0 Å². The van der Waals surface area contributed by atoms with Crippen LogP contribution in [0.4, 0.5) is 0 Å². The van der Waals surface area contributed by atoms with Gasteiger partial charge >= 0.3 is 0 Å². The van der Waals surface area contributed by atoms with Gasteiger partial charge in [0.05, 0.1) is 5.69 Å². The van der Waals surface area contributed by atoms with E-state index < -0.39 is 0 Å². The number of aryl methyl sites for hydroxylation is 2. The second-order valence-corrected chi connectivity index (χ2v) is 2.01. The van der Waals surface area contributed by atoms with E-state index in [0.29, 0.717) is 6.54 Å². The molecule has 0 radical (unpaired) electrons. The molecule has 0 aliphatic rings. The largest absolute Gasteiger partial charge is 0.361 e. The van der Waals surface area contributed by atoms with Crippen LogP contribution in [0, 0.1) is 13.8 Å². The monoisotopic (exact) mass is 126 g/mol. The summed E-state index contributed by atoms with van der Waals surface area (Å²) in [6.07, 6.45) is 0. The van der Waals surface area contributed by atoms with E-state index in [4.69, 9.17) is 10.3 Å². The first-order valence-corrected chi connectivity index (χ1v) is 2.87. The van der Waals surface area contributed by atoms with Crippen molar-refractivity contribution in [2.24, 2.45) is 5.73 Å². The van der Waals surface area contributed by atoms with Crippen molar-refractivity contribution in [2.75, 3.05) is 0 Å². The number of hydrogen-bond acceptors (Lipinski definition) is 3. The van der Waals surface area contributed by atoms with E-state index in [2.05, 4.69) is 5.16 Å². The Kier molecular flexibility index (Phi) is 1.53. The quantitative estimate of drug-likeness (QED) is 0.604. The second-order valence-electron chi connectivity index (χ2n) is 2.01. The van der Waals surface area contributed by atoms with E-state index in [0.717, 1.165) is 17.0 Å². The van der Waals surface area contributed by atoms with E-state index in [9.17, 15) is 0 Å². The Hall–Kier alpha value is -0.830. The first-order chi connectivity index (χ1) is 4.25. The molecule has 3 heteroatoms. The molecular formula is C6H10N2O. The molecule has 0 aromatic carbocycles. The molecule has 0 unspecified atom stereocenters. The molecular weight excluding hydrogens is 116 g/mol. The van der Waals surface area contributed by atoms with Gasteiger partial charge in [0.25, 0.3) is 0 Å². The van der Waals surface area contributed by atoms with Crippen molar-refractivity contribution in [1.29, 1.82) is 0 Å². The Bertz CT molecular complexity index is 185. The van der Waals surface area contributed by atoms with E-state index in [-0.39, 0.29) is 0 Å². The molecule has 9 heavy (non-hydrogen) atoms. The van der Waals surface area contributed by atoms with Crippen molar-refractivity contribution in [1.82, 2.24) is 5.16 Å². The maximum absolute atomic E-state index is 5.40. The molecule has 0 atom stereocenters. The van der Waals surface area contributed by atoms with Gasteiger partial charge in [-0.2, -0.15) is 0 Å². The molecule has 0 saturated heterocycles. The molecule has 2 N–H and O–H groups in total. The minimum Gasteiger partial charge on any atom is -0.361 e. The number of aromatic nitrogens is 1. The molecule has 0 bridgehead atoms. The van der Waals surface area contributed by atoms with Gasteiger partial charge in [0, 0.05) is 12.1 Å². The zero-order valence-electron chi connectivity index (χ0n) is 5.64. The van der Waals surface area contributed by atoms with Gasteiger partial charge in [-0.25, -0.2) is 0 Å². The number of rotatable bonds is 1. The van der Waals surface area contributed by atoms with Crippen molar-refractivity contribution in [3.63, 3.8) is 0 Å². The van der Waals surface area contributed by atoms with E-state index in [1.807, 2.05) is 13.8 Å². The SMILES string of the molecule is Cc1noc(C)c1CN. The standard InChI is InChI=1S/C6H10N2O/c1-4-6(3-7)5(2)9-8-4/h3,7H2,1-2H3. The summed E-state index contributed by atoms with van der Waals surface area (Å²) < 4.78 is 4.86. The summed E-state index contributed by atoms with van der Waals surface area (Å²) >= 11 is 0. The van der Waals surface area contributed by atoms with Crippen molar-refractivity contribution < 1.29 is 4.52 Å². The summed E-state index contributed by atoms with van der Waals surface area (Å²) in [5.74, 6) is 0.829. The first-order valence-electron chi connectivity index (χ1n) is 2.87. The van der Waals surface area contributed by atoms with Gasteiger partial charge < -0.3 is 10.3 Å². The summed E-state index contributed by atoms with van der Waals surface area (Å²) in [6, 6.07) is 0. The predicted octanol–water partition coefficient (Wildman–Crippen LogP) is 0.750. The zero-order valence-corrected chi connectivity index (χ0v) is 5.64. The molecule has 0 amide bonds. The van der Waals surface area contributed by atoms with Crippen LogP contribution in [0.5, 0.6) is 0 Å². The van der Waals surface area contributed by atoms with Gasteiger partial charge in [0.2, 0.25) is 0 Å². The summed E-state index contributed by atoms with van der Waals surface area (Å²) in [6.45, 7) is 4.27. The fraction of sp³-hybridized carbons (Fsp3) is 0.500. The van der Waals surface area contributed by atoms with Crippen LogP contribution in [0.1, 0.15) is 17.0 Å². The van der Waals surface area contributed by atoms with Crippen molar-refractivity contribution in [2.45, 2.75) is 20.4 Å². The maximum Gasteiger partial charge on any atom is 0.138 e. The molecule has 3 nitrogen and oxygen atoms in total. The molecule has 0 fully saturated rings. The Morgan fingerprint density at radius 2 is 2.22 bits per heavy atom. The minimum atomic E-state index is 0.515. The van der Waals surface area contributed by atoms with Crippen LogP contribution >= 0.6 is 0 Å². The van der Waals surface area contributed by atoms with Gasteiger partial charge in [-0.15, -0.1) is 0 Å². The number of hydrogen-bond donors (Lipinski definition) is 1. The highest BCUT2D eigenvalue weighted by Crippen LogP contribution is 2.09. The van der Waals surface area contributed by atoms with Gasteiger partial charge in [0.15, 0.2) is 0 Å². The highest BCUT2D eigenvalue weighted by atomic mass is 16.5. The van der Waals surface area contributed by atoms with Crippen LogP contribution in [-0.2, 0) is 6.54 Å². The molecule has 0 aliphatic carbocycles. The summed E-state index contributed by atoms with van der Waals surface area (Å²) in [7, 11) is 0. The van der Waals surface area contributed by atoms with Crippen molar-refractivity contribution in [3.8, 4) is 0 Å². The highest BCUT2D eigenvalue weighted by molar-refractivity contribution is 5.19. The lowest BCUT2D eigenvalue weighted by Crippen LogP contribution is -1.97. The topological polar surface area (TPSA) is 52.0 Å². The molecule has 0 aliphatic heterocycles. The van der Waals surface area contributed by atoms with Gasteiger partial charge in [0.1, 0.15) is 5.76 Å². The maximum atomic E-state index is 5.40. The third-order valence-corrected chi connectivity index (χ3v) is 1.39. The van der Waals surface area contributed by atoms with Crippen LogP contribution in [-0.4, -0.2) is 5.16 Å². The Labute approximate surface area is 53.8 Å². The fourth-order valence-electron chi connectivity index (χ4n) is 0.793. The zero-order chi connectivity index (χ0) is 6.85. The normalized spacial score (nSPS) is 10.1. The highest BCUT2D eigenvalue weighted by Gasteiger charge is 2.04. The third kappa shape index (κ3) is 0.954. The van der Waals surface area contributed by atoms with Gasteiger partial charge in [-0.3, -0.25) is 0 Å². The summed E-state index contributed by atoms with van der Waals surface area (Å²) in [5, 5.41) is 3.73. The lowest BCUT2D eigenvalue weighted by Gasteiger charge is -1.88. The lowest BCUT2D eigenvalue weighted by molar-refractivity contribution is 0.392. The fourth-order valence-corrected chi connectivity index (χ4v) is 0.793. The van der Waals surface area contributed by atoms with Crippen LogP contribution in [0.15, 0.2) is 4.52 Å². The van der Waals surface area contributed by atoms with E-state index >= 15 is 0 Å². The molecule has 1 aromatic rings. The van der Waals surface area contributed by atoms with Crippen molar-refractivity contribution >= 4 is 0 Å². The molecule has 1 rings (SSSR count).